The smallest absolute Gasteiger partial charge is 0.271 e. The van der Waals surface area contributed by atoms with Gasteiger partial charge >= 0.3 is 0 Å². The summed E-state index contributed by atoms with van der Waals surface area (Å²) in [5.74, 6) is -0.327. The molecule has 0 bridgehead atoms. The number of carbonyl (C=O) groups excluding carboxylic acids is 1. The van der Waals surface area contributed by atoms with Crippen LogP contribution in [-0.2, 0) is 0 Å². The third kappa shape index (κ3) is 3.37. The number of aryl methyl sites for hydroxylation is 1. The summed E-state index contributed by atoms with van der Waals surface area (Å²) >= 11 is 6.67. The Labute approximate surface area is 182 Å². The van der Waals surface area contributed by atoms with E-state index in [1.807, 2.05) is 19.1 Å². The molecule has 158 valence electrons. The second-order valence-corrected chi connectivity index (χ2v) is 8.27. The Hall–Kier alpha value is -3.26. The molecule has 1 saturated carbocycles. The maximum atomic E-state index is 14.7. The molecule has 3 aromatic rings. The molecule has 1 amide bonds. The second kappa shape index (κ2) is 7.16. The molecule has 7 nitrogen and oxygen atoms in total. The Morgan fingerprint density at radius 2 is 2.06 bits per heavy atom. The number of carbonyl (C=O) groups is 1. The highest BCUT2D eigenvalue weighted by Gasteiger charge is 2.31. The molecule has 5 rings (SSSR count). The number of benzene rings is 1. The molecule has 0 radical (unpaired) electrons. The molecule has 1 aliphatic heterocycles. The lowest BCUT2D eigenvalue weighted by atomic mass is 10.0. The molecule has 2 N–H and O–H groups in total. The largest absolute Gasteiger partial charge is 0.348 e. The number of amides is 1. The van der Waals surface area contributed by atoms with Crippen LogP contribution in [-0.4, -0.2) is 32.2 Å². The number of pyridine rings is 1. The number of aliphatic imine (C=N–C) groups is 1. The highest BCUT2D eigenvalue weighted by Crippen LogP contribution is 2.35. The molecule has 0 saturated heterocycles. The second-order valence-electron chi connectivity index (χ2n) is 7.89. The van der Waals surface area contributed by atoms with E-state index in [9.17, 15) is 14.0 Å². The normalized spacial score (nSPS) is 17.4. The van der Waals surface area contributed by atoms with Gasteiger partial charge in [-0.1, -0.05) is 17.7 Å². The van der Waals surface area contributed by atoms with E-state index in [4.69, 9.17) is 11.6 Å². The molecular weight excluding hydrogens is 421 g/mol. The SMILES string of the molecule is Cc1ccc2c(c1Cl)C(c1[nH]c(=O)ccc1F)=N[C@@H](C)c1nc(C(=O)NC3CC3)cn1-2. The van der Waals surface area contributed by atoms with E-state index < -0.39 is 17.4 Å². The lowest BCUT2D eigenvalue weighted by Crippen LogP contribution is -2.25. The summed E-state index contributed by atoms with van der Waals surface area (Å²) in [5, 5.41) is 3.32. The highest BCUT2D eigenvalue weighted by molar-refractivity contribution is 6.36. The van der Waals surface area contributed by atoms with Gasteiger partial charge in [-0.15, -0.1) is 0 Å². The Morgan fingerprint density at radius 1 is 1.29 bits per heavy atom. The van der Waals surface area contributed by atoms with Crippen molar-refractivity contribution in [1.29, 1.82) is 0 Å². The van der Waals surface area contributed by atoms with Gasteiger partial charge in [0.25, 0.3) is 5.91 Å². The number of hydrogen-bond donors (Lipinski definition) is 2. The predicted octanol–water partition coefficient (Wildman–Crippen LogP) is 3.47. The zero-order chi connectivity index (χ0) is 21.9. The number of fused-ring (bicyclic) bond motifs is 3. The van der Waals surface area contributed by atoms with Gasteiger partial charge in [0.05, 0.1) is 16.4 Å². The van der Waals surface area contributed by atoms with Crippen molar-refractivity contribution in [3.05, 3.63) is 80.0 Å². The van der Waals surface area contributed by atoms with Gasteiger partial charge in [0, 0.05) is 23.9 Å². The van der Waals surface area contributed by atoms with E-state index in [1.165, 1.54) is 0 Å². The fourth-order valence-electron chi connectivity index (χ4n) is 3.71. The van der Waals surface area contributed by atoms with E-state index in [-0.39, 0.29) is 29.0 Å². The quantitative estimate of drug-likeness (QED) is 0.654. The minimum atomic E-state index is -0.613. The molecular formula is C22H19ClFN5O2. The van der Waals surface area contributed by atoms with Crippen molar-refractivity contribution in [3.8, 4) is 5.69 Å². The van der Waals surface area contributed by atoms with E-state index in [2.05, 4.69) is 20.3 Å². The number of imidazole rings is 1. The molecule has 1 fully saturated rings. The van der Waals surface area contributed by atoms with E-state index in [0.29, 0.717) is 22.1 Å². The average molecular weight is 440 g/mol. The number of hydrogen-bond acceptors (Lipinski definition) is 4. The van der Waals surface area contributed by atoms with Crippen molar-refractivity contribution in [2.24, 2.45) is 4.99 Å². The third-order valence-electron chi connectivity index (χ3n) is 5.49. The topological polar surface area (TPSA) is 92.1 Å². The van der Waals surface area contributed by atoms with Crippen LogP contribution in [0.15, 0.2) is 40.2 Å². The van der Waals surface area contributed by atoms with Gasteiger partial charge in [-0.05, 0) is 44.4 Å². The van der Waals surface area contributed by atoms with Crippen LogP contribution in [0.1, 0.15) is 58.9 Å². The third-order valence-corrected chi connectivity index (χ3v) is 5.98. The summed E-state index contributed by atoms with van der Waals surface area (Å²) in [7, 11) is 0. The van der Waals surface area contributed by atoms with Crippen LogP contribution < -0.4 is 10.9 Å². The lowest BCUT2D eigenvalue weighted by Gasteiger charge is -2.15. The van der Waals surface area contributed by atoms with Crippen LogP contribution in [0.3, 0.4) is 0 Å². The molecule has 1 atom stereocenters. The van der Waals surface area contributed by atoms with Crippen LogP contribution >= 0.6 is 11.6 Å². The van der Waals surface area contributed by atoms with Gasteiger partial charge in [-0.2, -0.15) is 0 Å². The standard InChI is InChI=1S/C22H19ClFN5O2/c1-10-3-7-15-17(18(10)23)20(19-13(24)6-8-16(30)28-19)25-11(2)21-27-14(9-29(15)21)22(31)26-12-4-5-12/h3,6-9,11-12H,4-5H2,1-2H3,(H,26,31)(H,28,30)/t11-/m0/s1. The van der Waals surface area contributed by atoms with E-state index in [1.54, 1.807) is 17.7 Å². The first-order chi connectivity index (χ1) is 14.8. The average Bonchev–Trinajstić information content (AvgIpc) is 3.45. The number of aromatic amines is 1. The number of rotatable bonds is 3. The highest BCUT2D eigenvalue weighted by atomic mass is 35.5. The summed E-state index contributed by atoms with van der Waals surface area (Å²) in [6, 6.07) is 5.58. The van der Waals surface area contributed by atoms with Gasteiger partial charge in [-0.3, -0.25) is 14.6 Å². The van der Waals surface area contributed by atoms with Crippen molar-refractivity contribution in [1.82, 2.24) is 19.9 Å². The lowest BCUT2D eigenvalue weighted by molar-refractivity contribution is 0.0946. The summed E-state index contributed by atoms with van der Waals surface area (Å²) in [6.45, 7) is 3.63. The van der Waals surface area contributed by atoms with Gasteiger partial charge in [0.15, 0.2) is 0 Å². The number of nitrogens with one attached hydrogen (secondary N) is 2. The summed E-state index contributed by atoms with van der Waals surface area (Å²) < 4.78 is 16.5. The minimum absolute atomic E-state index is 0.0365. The van der Waals surface area contributed by atoms with Crippen LogP contribution in [0.2, 0.25) is 5.02 Å². The molecule has 0 unspecified atom stereocenters. The maximum Gasteiger partial charge on any atom is 0.271 e. The van der Waals surface area contributed by atoms with Gasteiger partial charge in [0.1, 0.15) is 29.1 Å². The van der Waals surface area contributed by atoms with Crippen LogP contribution in [0.4, 0.5) is 4.39 Å². The number of halogens is 2. The molecule has 31 heavy (non-hydrogen) atoms. The first kappa shape index (κ1) is 19.7. The van der Waals surface area contributed by atoms with Crippen molar-refractivity contribution in [2.75, 3.05) is 0 Å². The fourth-order valence-corrected chi connectivity index (χ4v) is 3.96. The fraction of sp³-hybridized carbons (Fsp3) is 0.273. The molecule has 3 heterocycles. The Bertz CT molecular complexity index is 1320. The summed E-state index contributed by atoms with van der Waals surface area (Å²) in [5.41, 5.74) is 1.89. The van der Waals surface area contributed by atoms with E-state index >= 15 is 0 Å². The monoisotopic (exact) mass is 439 g/mol. The Morgan fingerprint density at radius 3 is 2.81 bits per heavy atom. The Balaban J connectivity index is 1.74. The van der Waals surface area contributed by atoms with Gasteiger partial charge in [-0.25, -0.2) is 9.37 Å². The van der Waals surface area contributed by atoms with Crippen molar-refractivity contribution < 1.29 is 9.18 Å². The van der Waals surface area contributed by atoms with E-state index in [0.717, 1.165) is 30.5 Å². The minimum Gasteiger partial charge on any atom is -0.348 e. The molecule has 9 heteroatoms. The molecule has 2 aliphatic rings. The first-order valence-electron chi connectivity index (χ1n) is 10.0. The first-order valence-corrected chi connectivity index (χ1v) is 10.4. The van der Waals surface area contributed by atoms with Gasteiger partial charge < -0.3 is 14.9 Å². The summed E-state index contributed by atoms with van der Waals surface area (Å²) in [6.07, 6.45) is 3.60. The maximum absolute atomic E-state index is 14.7. The van der Waals surface area contributed by atoms with Crippen molar-refractivity contribution in [2.45, 2.75) is 38.8 Å². The number of aromatic nitrogens is 3. The predicted molar refractivity (Wildman–Crippen MR) is 115 cm³/mol. The molecule has 1 aliphatic carbocycles. The summed E-state index contributed by atoms with van der Waals surface area (Å²) in [4.78, 5) is 36.3. The van der Waals surface area contributed by atoms with Gasteiger partial charge in [0.2, 0.25) is 5.56 Å². The van der Waals surface area contributed by atoms with Crippen molar-refractivity contribution >= 4 is 23.2 Å². The van der Waals surface area contributed by atoms with Crippen LogP contribution in [0.25, 0.3) is 5.69 Å². The van der Waals surface area contributed by atoms with Crippen LogP contribution in [0, 0.1) is 12.7 Å². The van der Waals surface area contributed by atoms with Crippen molar-refractivity contribution in [3.63, 3.8) is 0 Å². The Kier molecular flexibility index (Phi) is 4.55. The zero-order valence-corrected chi connectivity index (χ0v) is 17.6. The molecule has 0 spiro atoms. The number of nitrogens with zero attached hydrogens (tertiary/aromatic N) is 3. The van der Waals surface area contributed by atoms with Crippen LogP contribution in [0.5, 0.6) is 0 Å². The zero-order valence-electron chi connectivity index (χ0n) is 16.9. The molecule has 2 aromatic heterocycles. The molecule has 1 aromatic carbocycles. The number of H-pyrrole nitrogens is 1.